The average Bonchev–Trinajstić information content (AvgIpc) is 2.53. The Morgan fingerprint density at radius 1 is 1.17 bits per heavy atom. The molecule has 0 spiro atoms. The Labute approximate surface area is 140 Å². The van der Waals surface area contributed by atoms with E-state index in [0.29, 0.717) is 0 Å². The summed E-state index contributed by atoms with van der Waals surface area (Å²) in [5, 5.41) is 9.42. The van der Waals surface area contributed by atoms with Crippen LogP contribution in [0.2, 0.25) is 0 Å². The topological polar surface area (TPSA) is 74.7 Å². The van der Waals surface area contributed by atoms with Crippen LogP contribution in [0, 0.1) is 12.7 Å². The van der Waals surface area contributed by atoms with E-state index < -0.39 is 27.9 Å². The maximum Gasteiger partial charge on any atom is 0.322 e. The van der Waals surface area contributed by atoms with E-state index in [-0.39, 0.29) is 16.9 Å². The number of benzene rings is 2. The van der Waals surface area contributed by atoms with Crippen LogP contribution in [0.3, 0.4) is 0 Å². The fourth-order valence-electron chi connectivity index (χ4n) is 2.29. The highest BCUT2D eigenvalue weighted by molar-refractivity contribution is 7.89. The number of aliphatic carboxylic acids is 1. The summed E-state index contributed by atoms with van der Waals surface area (Å²) >= 11 is 0. The van der Waals surface area contributed by atoms with E-state index in [1.165, 1.54) is 37.4 Å². The zero-order chi connectivity index (χ0) is 17.9. The minimum absolute atomic E-state index is 0.00427. The third-order valence-electron chi connectivity index (χ3n) is 3.79. The normalized spacial score (nSPS) is 13.0. The number of carbonyl (C=O) groups is 1. The van der Waals surface area contributed by atoms with Crippen LogP contribution in [0.4, 0.5) is 4.39 Å². The van der Waals surface area contributed by atoms with E-state index >= 15 is 0 Å². The molecule has 0 aliphatic rings. The zero-order valence-corrected chi connectivity index (χ0v) is 14.1. The second kappa shape index (κ2) is 7.11. The molecular weight excluding hydrogens is 333 g/mol. The van der Waals surface area contributed by atoms with Gasteiger partial charge in [-0.3, -0.25) is 4.79 Å². The molecular formula is C17H18FNO4S. The van der Waals surface area contributed by atoms with Crippen molar-refractivity contribution in [3.05, 3.63) is 65.5 Å². The summed E-state index contributed by atoms with van der Waals surface area (Å²) in [5.74, 6) is -1.90. The third-order valence-corrected chi connectivity index (χ3v) is 5.67. The second-order valence-electron chi connectivity index (χ2n) is 5.48. The molecule has 0 amide bonds. The molecule has 128 valence electrons. The molecule has 0 radical (unpaired) electrons. The highest BCUT2D eigenvalue weighted by atomic mass is 32.2. The number of carboxylic acid groups (broad SMARTS) is 1. The van der Waals surface area contributed by atoms with Crippen LogP contribution in [0.1, 0.15) is 11.1 Å². The Balaban J connectivity index is 2.35. The summed E-state index contributed by atoms with van der Waals surface area (Å²) in [7, 11) is -2.81. The van der Waals surface area contributed by atoms with Gasteiger partial charge in [-0.1, -0.05) is 35.9 Å². The first-order valence-electron chi connectivity index (χ1n) is 7.24. The Morgan fingerprint density at radius 2 is 1.75 bits per heavy atom. The number of aryl methyl sites for hydroxylation is 1. The van der Waals surface area contributed by atoms with E-state index in [2.05, 4.69) is 0 Å². The molecule has 0 heterocycles. The van der Waals surface area contributed by atoms with Crippen molar-refractivity contribution in [2.45, 2.75) is 24.3 Å². The van der Waals surface area contributed by atoms with Crippen LogP contribution in [0.25, 0.3) is 0 Å². The molecule has 2 aromatic carbocycles. The summed E-state index contributed by atoms with van der Waals surface area (Å²) < 4.78 is 39.8. The predicted octanol–water partition coefficient (Wildman–Crippen LogP) is 2.45. The lowest BCUT2D eigenvalue weighted by Gasteiger charge is -2.24. The fourth-order valence-corrected chi connectivity index (χ4v) is 3.60. The van der Waals surface area contributed by atoms with Crippen LogP contribution in [0.5, 0.6) is 0 Å². The van der Waals surface area contributed by atoms with Gasteiger partial charge in [0.15, 0.2) is 0 Å². The average molecular weight is 351 g/mol. The van der Waals surface area contributed by atoms with Crippen molar-refractivity contribution >= 4 is 16.0 Å². The van der Waals surface area contributed by atoms with E-state index in [1.807, 2.05) is 6.92 Å². The lowest BCUT2D eigenvalue weighted by Crippen LogP contribution is -2.43. The van der Waals surface area contributed by atoms with E-state index in [4.69, 9.17) is 0 Å². The van der Waals surface area contributed by atoms with Crippen LogP contribution < -0.4 is 0 Å². The van der Waals surface area contributed by atoms with Crippen molar-refractivity contribution in [2.75, 3.05) is 7.05 Å². The summed E-state index contributed by atoms with van der Waals surface area (Å²) in [6.45, 7) is 1.82. The van der Waals surface area contributed by atoms with E-state index in [9.17, 15) is 22.7 Å². The molecule has 0 fully saturated rings. The monoisotopic (exact) mass is 351 g/mol. The van der Waals surface area contributed by atoms with Gasteiger partial charge < -0.3 is 5.11 Å². The van der Waals surface area contributed by atoms with Crippen LogP contribution in [0.15, 0.2) is 53.4 Å². The van der Waals surface area contributed by atoms with E-state index in [0.717, 1.165) is 9.87 Å². The van der Waals surface area contributed by atoms with Gasteiger partial charge in [0.1, 0.15) is 11.9 Å². The summed E-state index contributed by atoms with van der Waals surface area (Å²) in [5.41, 5.74) is 1.04. The number of halogens is 1. The maximum absolute atomic E-state index is 13.8. The van der Waals surface area contributed by atoms with E-state index in [1.54, 1.807) is 18.2 Å². The summed E-state index contributed by atoms with van der Waals surface area (Å²) in [6, 6.07) is 10.4. The minimum atomic E-state index is -4.00. The Hall–Kier alpha value is -2.25. The molecule has 7 heteroatoms. The van der Waals surface area contributed by atoms with Gasteiger partial charge in [-0.15, -0.1) is 0 Å². The molecule has 24 heavy (non-hydrogen) atoms. The van der Waals surface area contributed by atoms with Crippen molar-refractivity contribution < 1.29 is 22.7 Å². The molecule has 2 rings (SSSR count). The first-order chi connectivity index (χ1) is 11.2. The molecule has 0 aromatic heterocycles. The lowest BCUT2D eigenvalue weighted by molar-refractivity contribution is -0.141. The number of hydrogen-bond acceptors (Lipinski definition) is 3. The largest absolute Gasteiger partial charge is 0.480 e. The van der Waals surface area contributed by atoms with Crippen LogP contribution in [-0.2, 0) is 21.2 Å². The minimum Gasteiger partial charge on any atom is -0.480 e. The highest BCUT2D eigenvalue weighted by Gasteiger charge is 2.33. The molecule has 1 N–H and O–H groups in total. The summed E-state index contributed by atoms with van der Waals surface area (Å²) in [6.07, 6.45) is -0.260. The SMILES string of the molecule is Cc1ccc(S(=O)(=O)N(C)C(Cc2ccccc2F)C(=O)O)cc1. The molecule has 0 aliphatic heterocycles. The third kappa shape index (κ3) is 3.80. The molecule has 0 bridgehead atoms. The molecule has 0 saturated heterocycles. The quantitative estimate of drug-likeness (QED) is 0.867. The first-order valence-corrected chi connectivity index (χ1v) is 8.68. The first kappa shape index (κ1) is 18.1. The van der Waals surface area contributed by atoms with Gasteiger partial charge in [-0.25, -0.2) is 12.8 Å². The number of likely N-dealkylation sites (N-methyl/N-ethyl adjacent to an activating group) is 1. The number of carboxylic acids is 1. The number of rotatable bonds is 6. The van der Waals surface area contributed by atoms with Crippen molar-refractivity contribution in [3.63, 3.8) is 0 Å². The standard InChI is InChI=1S/C17H18FNO4S/c1-12-7-9-14(10-8-12)24(22,23)19(2)16(17(20)21)11-13-5-3-4-6-15(13)18/h3-10,16H,11H2,1-2H3,(H,20,21). The van der Waals surface area contributed by atoms with Gasteiger partial charge in [0.25, 0.3) is 0 Å². The van der Waals surface area contributed by atoms with Crippen molar-refractivity contribution in [1.29, 1.82) is 0 Å². The number of hydrogen-bond donors (Lipinski definition) is 1. The maximum atomic E-state index is 13.8. The smallest absolute Gasteiger partial charge is 0.322 e. The molecule has 0 aliphatic carbocycles. The lowest BCUT2D eigenvalue weighted by atomic mass is 10.1. The molecule has 5 nitrogen and oxygen atoms in total. The van der Waals surface area contributed by atoms with Gasteiger partial charge in [0, 0.05) is 13.5 Å². The van der Waals surface area contributed by atoms with Gasteiger partial charge in [-0.05, 0) is 30.7 Å². The molecule has 1 atom stereocenters. The van der Waals surface area contributed by atoms with Crippen molar-refractivity contribution in [2.24, 2.45) is 0 Å². The predicted molar refractivity (Wildman–Crippen MR) is 87.7 cm³/mol. The van der Waals surface area contributed by atoms with Gasteiger partial charge in [0.2, 0.25) is 10.0 Å². The van der Waals surface area contributed by atoms with Crippen LogP contribution in [-0.4, -0.2) is 36.9 Å². The molecule has 1 unspecified atom stereocenters. The Bertz CT molecular complexity index is 834. The molecule has 0 saturated carbocycles. The van der Waals surface area contributed by atoms with Gasteiger partial charge >= 0.3 is 5.97 Å². The highest BCUT2D eigenvalue weighted by Crippen LogP contribution is 2.20. The number of nitrogens with zero attached hydrogens (tertiary/aromatic N) is 1. The Kier molecular flexibility index (Phi) is 5.36. The zero-order valence-electron chi connectivity index (χ0n) is 13.3. The number of sulfonamides is 1. The van der Waals surface area contributed by atoms with Crippen LogP contribution >= 0.6 is 0 Å². The van der Waals surface area contributed by atoms with Gasteiger partial charge in [0.05, 0.1) is 4.90 Å². The van der Waals surface area contributed by atoms with Crippen molar-refractivity contribution in [3.8, 4) is 0 Å². The molecule has 2 aromatic rings. The fraction of sp³-hybridized carbons (Fsp3) is 0.235. The van der Waals surface area contributed by atoms with Gasteiger partial charge in [-0.2, -0.15) is 4.31 Å². The Morgan fingerprint density at radius 3 is 2.29 bits per heavy atom. The summed E-state index contributed by atoms with van der Waals surface area (Å²) in [4.78, 5) is 11.6. The second-order valence-corrected chi connectivity index (χ2v) is 7.48. The van der Waals surface area contributed by atoms with Crippen molar-refractivity contribution in [1.82, 2.24) is 4.31 Å².